The van der Waals surface area contributed by atoms with E-state index in [1.807, 2.05) is 6.07 Å². The lowest BCUT2D eigenvalue weighted by molar-refractivity contribution is 0.0282. The van der Waals surface area contributed by atoms with Crippen molar-refractivity contribution in [1.29, 1.82) is 0 Å². The Morgan fingerprint density at radius 2 is 2.06 bits per heavy atom. The van der Waals surface area contributed by atoms with Crippen molar-refractivity contribution in [2.24, 2.45) is 5.92 Å². The highest BCUT2D eigenvalue weighted by Crippen LogP contribution is 2.21. The molecule has 2 nitrogen and oxygen atoms in total. The van der Waals surface area contributed by atoms with Gasteiger partial charge in [-0.3, -0.25) is 4.90 Å². The van der Waals surface area contributed by atoms with Gasteiger partial charge in [0.25, 0.3) is 0 Å². The molecule has 3 heteroatoms. The summed E-state index contributed by atoms with van der Waals surface area (Å²) in [4.78, 5) is 2.33. The molecular weight excluding hydrogens is 266 g/mol. The standard InChI is InChI=1S/C13H18BrNO/c14-8-12-6-7-15(10-13(12)16)9-11-4-2-1-3-5-11/h1-5,12-13,16H,6-10H2. The van der Waals surface area contributed by atoms with E-state index in [0.717, 1.165) is 31.4 Å². The molecule has 0 bridgehead atoms. The summed E-state index contributed by atoms with van der Waals surface area (Å²) in [5.41, 5.74) is 1.33. The number of benzene rings is 1. The molecule has 1 aliphatic heterocycles. The lowest BCUT2D eigenvalue weighted by Gasteiger charge is -2.35. The zero-order valence-electron chi connectivity index (χ0n) is 9.35. The number of halogens is 1. The van der Waals surface area contributed by atoms with Crippen molar-refractivity contribution in [2.45, 2.75) is 19.1 Å². The molecule has 1 aliphatic rings. The molecule has 2 unspecified atom stereocenters. The summed E-state index contributed by atoms with van der Waals surface area (Å²) in [7, 11) is 0. The third kappa shape index (κ3) is 3.06. The summed E-state index contributed by atoms with van der Waals surface area (Å²) in [5.74, 6) is 0.423. The van der Waals surface area contributed by atoms with Gasteiger partial charge in [0.1, 0.15) is 0 Å². The number of rotatable bonds is 3. The first-order valence-corrected chi connectivity index (χ1v) is 6.92. The second kappa shape index (κ2) is 5.80. The third-order valence-electron chi connectivity index (χ3n) is 3.25. The Kier molecular flexibility index (Phi) is 4.38. The Morgan fingerprint density at radius 1 is 1.31 bits per heavy atom. The van der Waals surface area contributed by atoms with Crippen LogP contribution in [0.25, 0.3) is 0 Å². The molecule has 1 saturated heterocycles. The van der Waals surface area contributed by atoms with Crippen LogP contribution in [-0.2, 0) is 6.54 Å². The average Bonchev–Trinajstić information content (AvgIpc) is 2.31. The maximum Gasteiger partial charge on any atom is 0.0703 e. The molecule has 0 aromatic heterocycles. The van der Waals surface area contributed by atoms with E-state index in [0.29, 0.717) is 5.92 Å². The first-order valence-electron chi connectivity index (χ1n) is 5.80. The number of likely N-dealkylation sites (tertiary alicyclic amines) is 1. The quantitative estimate of drug-likeness (QED) is 0.861. The Labute approximate surface area is 105 Å². The molecule has 0 radical (unpaired) electrons. The molecule has 1 N–H and O–H groups in total. The topological polar surface area (TPSA) is 23.5 Å². The molecule has 0 amide bonds. The van der Waals surface area contributed by atoms with Crippen molar-refractivity contribution < 1.29 is 5.11 Å². The van der Waals surface area contributed by atoms with Gasteiger partial charge in [-0.2, -0.15) is 0 Å². The smallest absolute Gasteiger partial charge is 0.0703 e. The van der Waals surface area contributed by atoms with Crippen LogP contribution in [0.3, 0.4) is 0 Å². The largest absolute Gasteiger partial charge is 0.391 e. The minimum absolute atomic E-state index is 0.183. The van der Waals surface area contributed by atoms with E-state index in [1.54, 1.807) is 0 Å². The number of β-amino-alcohol motifs (C(OH)–C–C–N with tert-alkyl or cyclic N) is 1. The molecule has 2 rings (SSSR count). The number of hydrogen-bond acceptors (Lipinski definition) is 2. The fraction of sp³-hybridized carbons (Fsp3) is 0.538. The third-order valence-corrected chi connectivity index (χ3v) is 4.08. The van der Waals surface area contributed by atoms with Crippen LogP contribution in [0.15, 0.2) is 30.3 Å². The van der Waals surface area contributed by atoms with Crippen LogP contribution in [0.1, 0.15) is 12.0 Å². The molecule has 88 valence electrons. The summed E-state index contributed by atoms with van der Waals surface area (Å²) < 4.78 is 0. The van der Waals surface area contributed by atoms with Crippen LogP contribution in [0, 0.1) is 5.92 Å². The van der Waals surface area contributed by atoms with Crippen LogP contribution in [0.5, 0.6) is 0 Å². The highest BCUT2D eigenvalue weighted by Gasteiger charge is 2.26. The van der Waals surface area contributed by atoms with Crippen molar-refractivity contribution in [1.82, 2.24) is 4.90 Å². The van der Waals surface area contributed by atoms with Crippen molar-refractivity contribution >= 4 is 15.9 Å². The zero-order valence-corrected chi connectivity index (χ0v) is 10.9. The Hall–Kier alpha value is -0.380. The second-order valence-electron chi connectivity index (χ2n) is 4.49. The zero-order chi connectivity index (χ0) is 11.4. The molecule has 1 heterocycles. The van der Waals surface area contributed by atoms with Crippen molar-refractivity contribution in [3.8, 4) is 0 Å². The highest BCUT2D eigenvalue weighted by molar-refractivity contribution is 9.09. The van der Waals surface area contributed by atoms with Crippen LogP contribution < -0.4 is 0 Å². The molecule has 0 saturated carbocycles. The number of aliphatic hydroxyl groups excluding tert-OH is 1. The summed E-state index contributed by atoms with van der Waals surface area (Å²) in [6.45, 7) is 2.83. The van der Waals surface area contributed by atoms with Gasteiger partial charge in [0, 0.05) is 18.4 Å². The van der Waals surface area contributed by atoms with Crippen molar-refractivity contribution in [3.63, 3.8) is 0 Å². The minimum Gasteiger partial charge on any atom is -0.391 e. The van der Waals surface area contributed by atoms with Gasteiger partial charge in [-0.1, -0.05) is 46.3 Å². The van der Waals surface area contributed by atoms with E-state index in [9.17, 15) is 5.11 Å². The van der Waals surface area contributed by atoms with Gasteiger partial charge in [-0.25, -0.2) is 0 Å². The number of alkyl halides is 1. The minimum atomic E-state index is -0.183. The molecule has 1 aromatic rings. The van der Waals surface area contributed by atoms with Crippen molar-refractivity contribution in [2.75, 3.05) is 18.4 Å². The Morgan fingerprint density at radius 3 is 2.69 bits per heavy atom. The van der Waals surface area contributed by atoms with Gasteiger partial charge < -0.3 is 5.11 Å². The van der Waals surface area contributed by atoms with Crippen molar-refractivity contribution in [3.05, 3.63) is 35.9 Å². The molecular formula is C13H18BrNO. The Bertz CT molecular complexity index is 317. The lowest BCUT2D eigenvalue weighted by Crippen LogP contribution is -2.43. The maximum absolute atomic E-state index is 9.95. The normalized spacial score (nSPS) is 26.9. The molecule has 2 atom stereocenters. The van der Waals surface area contributed by atoms with E-state index in [-0.39, 0.29) is 6.10 Å². The van der Waals surface area contributed by atoms with E-state index < -0.39 is 0 Å². The fourth-order valence-electron chi connectivity index (χ4n) is 2.21. The van der Waals surface area contributed by atoms with Gasteiger partial charge in [0.15, 0.2) is 0 Å². The van der Waals surface area contributed by atoms with Gasteiger partial charge in [0.05, 0.1) is 6.10 Å². The number of nitrogens with zero attached hydrogens (tertiary/aromatic N) is 1. The van der Waals surface area contributed by atoms with E-state index >= 15 is 0 Å². The van der Waals surface area contributed by atoms with Crippen LogP contribution in [-0.4, -0.2) is 34.5 Å². The second-order valence-corrected chi connectivity index (χ2v) is 5.14. The molecule has 0 spiro atoms. The lowest BCUT2D eigenvalue weighted by atomic mass is 9.95. The molecule has 1 aromatic carbocycles. The van der Waals surface area contributed by atoms with Gasteiger partial charge in [0.2, 0.25) is 0 Å². The highest BCUT2D eigenvalue weighted by atomic mass is 79.9. The average molecular weight is 284 g/mol. The molecule has 16 heavy (non-hydrogen) atoms. The molecule has 0 aliphatic carbocycles. The van der Waals surface area contributed by atoms with E-state index in [1.165, 1.54) is 5.56 Å². The summed E-state index contributed by atoms with van der Waals surface area (Å²) in [6, 6.07) is 10.5. The monoisotopic (exact) mass is 283 g/mol. The van der Waals surface area contributed by atoms with Gasteiger partial charge in [-0.05, 0) is 24.4 Å². The summed E-state index contributed by atoms with van der Waals surface area (Å²) >= 11 is 3.46. The predicted octanol–water partition coefficient (Wildman–Crippen LogP) is 2.26. The van der Waals surface area contributed by atoms with Crippen LogP contribution in [0.4, 0.5) is 0 Å². The van der Waals surface area contributed by atoms with Crippen LogP contribution in [0.2, 0.25) is 0 Å². The number of aliphatic hydroxyl groups is 1. The Balaban J connectivity index is 1.89. The fourth-order valence-corrected chi connectivity index (χ4v) is 2.97. The number of piperidine rings is 1. The summed E-state index contributed by atoms with van der Waals surface area (Å²) in [5, 5.41) is 10.9. The van der Waals surface area contributed by atoms with Crippen LogP contribution >= 0.6 is 15.9 Å². The summed E-state index contributed by atoms with van der Waals surface area (Å²) in [6.07, 6.45) is 0.899. The van der Waals surface area contributed by atoms with Gasteiger partial charge >= 0.3 is 0 Å². The predicted molar refractivity (Wildman–Crippen MR) is 69.6 cm³/mol. The first kappa shape index (κ1) is 12.1. The van der Waals surface area contributed by atoms with Gasteiger partial charge in [-0.15, -0.1) is 0 Å². The maximum atomic E-state index is 9.95. The molecule has 1 fully saturated rings. The number of hydrogen-bond donors (Lipinski definition) is 1. The SMILES string of the molecule is OC1CN(Cc2ccccc2)CCC1CBr. The van der Waals surface area contributed by atoms with E-state index in [4.69, 9.17) is 0 Å². The first-order chi connectivity index (χ1) is 7.79. The van der Waals surface area contributed by atoms with E-state index in [2.05, 4.69) is 45.1 Å².